The Kier molecular flexibility index (Phi) is 3.69. The van der Waals surface area contributed by atoms with E-state index in [-0.39, 0.29) is 11.7 Å². The fourth-order valence-electron chi connectivity index (χ4n) is 2.25. The summed E-state index contributed by atoms with van der Waals surface area (Å²) in [6.45, 7) is 2.37. The van der Waals surface area contributed by atoms with Gasteiger partial charge in [0.1, 0.15) is 5.41 Å². The number of amides is 1. The van der Waals surface area contributed by atoms with Gasteiger partial charge in [-0.1, -0.05) is 11.6 Å². The van der Waals surface area contributed by atoms with Crippen molar-refractivity contribution in [1.82, 2.24) is 10.3 Å². The number of pyridine rings is 1. The first kappa shape index (κ1) is 13.3. The van der Waals surface area contributed by atoms with Crippen molar-refractivity contribution in [3.63, 3.8) is 0 Å². The average Bonchev–Trinajstić information content (AvgIpc) is 2.36. The van der Waals surface area contributed by atoms with E-state index in [0.29, 0.717) is 19.4 Å². The van der Waals surface area contributed by atoms with Crippen molar-refractivity contribution in [3.05, 3.63) is 29.6 Å². The highest BCUT2D eigenvalue weighted by atomic mass is 16.4. The van der Waals surface area contributed by atoms with Gasteiger partial charge in [-0.05, 0) is 37.0 Å². The van der Waals surface area contributed by atoms with Gasteiger partial charge in [0.15, 0.2) is 5.84 Å². The first-order valence-electron chi connectivity index (χ1n) is 6.26. The second-order valence-corrected chi connectivity index (χ2v) is 4.91. The van der Waals surface area contributed by atoms with Crippen molar-refractivity contribution >= 4 is 11.7 Å². The Balaban J connectivity index is 2.04. The molecule has 1 fully saturated rings. The van der Waals surface area contributed by atoms with Crippen LogP contribution in [-0.2, 0) is 11.3 Å². The molecule has 102 valence electrons. The van der Waals surface area contributed by atoms with Gasteiger partial charge in [-0.2, -0.15) is 0 Å². The molecule has 19 heavy (non-hydrogen) atoms. The highest BCUT2D eigenvalue weighted by Gasteiger charge is 2.48. The molecule has 1 aliphatic carbocycles. The predicted octanol–water partition coefficient (Wildman–Crippen LogP) is 0.923. The molecule has 0 aliphatic heterocycles. The Hall–Kier alpha value is -2.11. The molecular weight excluding hydrogens is 244 g/mol. The van der Waals surface area contributed by atoms with Crippen LogP contribution in [0.2, 0.25) is 0 Å². The number of aromatic nitrogens is 1. The van der Waals surface area contributed by atoms with Crippen LogP contribution in [0, 0.1) is 12.3 Å². The summed E-state index contributed by atoms with van der Waals surface area (Å²) in [4.78, 5) is 16.3. The summed E-state index contributed by atoms with van der Waals surface area (Å²) in [5.41, 5.74) is 6.85. The molecule has 2 rings (SSSR count). The number of hydrogen-bond donors (Lipinski definition) is 3. The highest BCUT2D eigenvalue weighted by molar-refractivity contribution is 6.07. The lowest BCUT2D eigenvalue weighted by Crippen LogP contribution is -2.53. The van der Waals surface area contributed by atoms with Gasteiger partial charge in [0.05, 0.1) is 0 Å². The van der Waals surface area contributed by atoms with Crippen LogP contribution < -0.4 is 11.1 Å². The molecular formula is C13H18N4O2. The third kappa shape index (κ3) is 2.38. The van der Waals surface area contributed by atoms with Crippen LogP contribution in [-0.4, -0.2) is 21.9 Å². The standard InChI is InChI=1S/C13H18N4O2/c1-9-3-6-15-7-10(9)8-16-12(18)13(4-2-5-13)11(14)17-19/h3,6-7,19H,2,4-5,8H2,1H3,(H2,14,17)(H,16,18). The number of oxime groups is 1. The maximum Gasteiger partial charge on any atom is 0.234 e. The number of hydrogen-bond acceptors (Lipinski definition) is 4. The molecule has 6 heteroatoms. The van der Waals surface area contributed by atoms with E-state index in [1.807, 2.05) is 13.0 Å². The summed E-state index contributed by atoms with van der Waals surface area (Å²) in [5, 5.41) is 14.6. The normalized spacial score (nSPS) is 17.6. The molecule has 6 nitrogen and oxygen atoms in total. The Labute approximate surface area is 111 Å². The van der Waals surface area contributed by atoms with E-state index in [2.05, 4.69) is 15.5 Å². The van der Waals surface area contributed by atoms with Gasteiger partial charge in [0.2, 0.25) is 5.91 Å². The molecule has 0 atom stereocenters. The number of carbonyl (C=O) groups is 1. The van der Waals surface area contributed by atoms with Crippen molar-refractivity contribution in [2.75, 3.05) is 0 Å². The maximum atomic E-state index is 12.2. The minimum Gasteiger partial charge on any atom is -0.409 e. The SMILES string of the molecule is Cc1ccncc1CNC(=O)C1(/C(N)=N/O)CCC1. The first-order chi connectivity index (χ1) is 9.10. The Morgan fingerprint density at radius 1 is 1.63 bits per heavy atom. The van der Waals surface area contributed by atoms with Crippen LogP contribution in [0.1, 0.15) is 30.4 Å². The molecule has 4 N–H and O–H groups in total. The minimum atomic E-state index is -0.829. The lowest BCUT2D eigenvalue weighted by molar-refractivity contribution is -0.131. The van der Waals surface area contributed by atoms with Crippen molar-refractivity contribution in [2.45, 2.75) is 32.7 Å². The maximum absolute atomic E-state index is 12.2. The van der Waals surface area contributed by atoms with Crippen molar-refractivity contribution in [3.8, 4) is 0 Å². The third-order valence-electron chi connectivity index (χ3n) is 3.83. The van der Waals surface area contributed by atoms with Gasteiger partial charge in [0.25, 0.3) is 0 Å². The number of amidine groups is 1. The molecule has 1 saturated carbocycles. The molecule has 1 aromatic rings. The molecule has 0 saturated heterocycles. The molecule has 0 radical (unpaired) electrons. The van der Waals surface area contributed by atoms with Crippen molar-refractivity contribution in [2.24, 2.45) is 16.3 Å². The second-order valence-electron chi connectivity index (χ2n) is 4.91. The van der Waals surface area contributed by atoms with Gasteiger partial charge >= 0.3 is 0 Å². The third-order valence-corrected chi connectivity index (χ3v) is 3.83. The van der Waals surface area contributed by atoms with E-state index in [1.54, 1.807) is 12.4 Å². The molecule has 0 aromatic carbocycles. The number of nitrogens with zero attached hydrogens (tertiary/aromatic N) is 2. The Bertz CT molecular complexity index is 509. The lowest BCUT2D eigenvalue weighted by Gasteiger charge is -2.38. The number of carbonyl (C=O) groups excluding carboxylic acids is 1. The van der Waals surface area contributed by atoms with Crippen LogP contribution in [0.15, 0.2) is 23.6 Å². The van der Waals surface area contributed by atoms with Gasteiger partial charge < -0.3 is 16.3 Å². The van der Waals surface area contributed by atoms with E-state index in [1.165, 1.54) is 0 Å². The fourth-order valence-corrected chi connectivity index (χ4v) is 2.25. The zero-order valence-electron chi connectivity index (χ0n) is 10.9. The molecule has 0 spiro atoms. The number of aryl methyl sites for hydroxylation is 1. The van der Waals surface area contributed by atoms with Crippen LogP contribution >= 0.6 is 0 Å². The molecule has 1 amide bonds. The summed E-state index contributed by atoms with van der Waals surface area (Å²) in [6.07, 6.45) is 5.61. The summed E-state index contributed by atoms with van der Waals surface area (Å²) in [5.74, 6) is -0.184. The largest absolute Gasteiger partial charge is 0.409 e. The zero-order chi connectivity index (χ0) is 13.9. The number of nitrogens with one attached hydrogen (secondary N) is 1. The summed E-state index contributed by atoms with van der Waals surface area (Å²) < 4.78 is 0. The van der Waals surface area contributed by atoms with E-state index in [9.17, 15) is 4.79 Å². The molecule has 1 aliphatic rings. The number of nitrogens with two attached hydrogens (primary N) is 1. The Morgan fingerprint density at radius 3 is 2.89 bits per heavy atom. The second kappa shape index (κ2) is 5.26. The Morgan fingerprint density at radius 2 is 2.37 bits per heavy atom. The molecule has 1 heterocycles. The molecule has 0 unspecified atom stereocenters. The van der Waals surface area contributed by atoms with Gasteiger partial charge in [-0.25, -0.2) is 0 Å². The highest BCUT2D eigenvalue weighted by Crippen LogP contribution is 2.41. The predicted molar refractivity (Wildman–Crippen MR) is 70.5 cm³/mol. The first-order valence-corrected chi connectivity index (χ1v) is 6.26. The van der Waals surface area contributed by atoms with Crippen molar-refractivity contribution in [1.29, 1.82) is 0 Å². The van der Waals surface area contributed by atoms with E-state index in [0.717, 1.165) is 17.5 Å². The van der Waals surface area contributed by atoms with E-state index in [4.69, 9.17) is 10.9 Å². The van der Waals surface area contributed by atoms with Gasteiger partial charge in [-0.15, -0.1) is 0 Å². The monoisotopic (exact) mass is 262 g/mol. The summed E-state index contributed by atoms with van der Waals surface area (Å²) in [6, 6.07) is 1.89. The summed E-state index contributed by atoms with van der Waals surface area (Å²) >= 11 is 0. The van der Waals surface area contributed by atoms with Crippen LogP contribution in [0.25, 0.3) is 0 Å². The smallest absolute Gasteiger partial charge is 0.234 e. The van der Waals surface area contributed by atoms with E-state index >= 15 is 0 Å². The quantitative estimate of drug-likeness (QED) is 0.325. The van der Waals surface area contributed by atoms with Gasteiger partial charge in [0, 0.05) is 18.9 Å². The topological polar surface area (TPSA) is 101 Å². The fraction of sp³-hybridized carbons (Fsp3) is 0.462. The zero-order valence-corrected chi connectivity index (χ0v) is 10.9. The van der Waals surface area contributed by atoms with Crippen LogP contribution in [0.4, 0.5) is 0 Å². The lowest BCUT2D eigenvalue weighted by atomic mass is 9.67. The van der Waals surface area contributed by atoms with Gasteiger partial charge in [-0.3, -0.25) is 9.78 Å². The van der Waals surface area contributed by atoms with E-state index < -0.39 is 5.41 Å². The van der Waals surface area contributed by atoms with Crippen LogP contribution in [0.5, 0.6) is 0 Å². The minimum absolute atomic E-state index is 0.000779. The van der Waals surface area contributed by atoms with Crippen LogP contribution in [0.3, 0.4) is 0 Å². The molecule has 1 aromatic heterocycles. The average molecular weight is 262 g/mol. The summed E-state index contributed by atoms with van der Waals surface area (Å²) in [7, 11) is 0. The number of rotatable bonds is 4. The molecule has 0 bridgehead atoms. The van der Waals surface area contributed by atoms with Crippen molar-refractivity contribution < 1.29 is 10.0 Å².